The molecule has 0 aliphatic heterocycles. The van der Waals surface area contributed by atoms with Crippen LogP contribution in [0.25, 0.3) is 16.6 Å². The number of rotatable bonds is 4. The number of halogens is 1. The lowest BCUT2D eigenvalue weighted by Crippen LogP contribution is -2.29. The van der Waals surface area contributed by atoms with Crippen LogP contribution >= 0.6 is 15.9 Å². The molecule has 0 saturated carbocycles. The Morgan fingerprint density at radius 2 is 1.70 bits per heavy atom. The average Bonchev–Trinajstić information content (AvgIpc) is 2.69. The Labute approximate surface area is 181 Å². The molecule has 4 rings (SSSR count). The van der Waals surface area contributed by atoms with Gasteiger partial charge in [0.05, 0.1) is 15.9 Å². The standard InChI is InChI=1S/C21H20BrN3O4S/c1-12-9-17-18(24-21(27)20(26)23-17)11-19(12)30(28,29)25-14-7-8-15(16(22)10-14)13-5-3-2-4-6-13/h5,7-11,25H,2-4,6H2,1H3,(H,23,26)(H,24,27). The van der Waals surface area contributed by atoms with Crippen molar-refractivity contribution in [2.45, 2.75) is 37.5 Å². The van der Waals surface area contributed by atoms with Gasteiger partial charge in [0, 0.05) is 10.2 Å². The van der Waals surface area contributed by atoms with E-state index < -0.39 is 21.1 Å². The van der Waals surface area contributed by atoms with E-state index in [1.165, 1.54) is 24.1 Å². The lowest BCUT2D eigenvalue weighted by Gasteiger charge is -2.16. The summed E-state index contributed by atoms with van der Waals surface area (Å²) in [7, 11) is -3.91. The smallest absolute Gasteiger partial charge is 0.314 e. The number of sulfonamides is 1. The van der Waals surface area contributed by atoms with Crippen LogP contribution < -0.4 is 15.8 Å². The van der Waals surface area contributed by atoms with E-state index in [9.17, 15) is 18.0 Å². The molecule has 0 bridgehead atoms. The van der Waals surface area contributed by atoms with Crippen LogP contribution in [0, 0.1) is 6.92 Å². The third kappa shape index (κ3) is 3.99. The fourth-order valence-corrected chi connectivity index (χ4v) is 5.61. The van der Waals surface area contributed by atoms with Crippen LogP contribution in [-0.2, 0) is 10.0 Å². The quantitative estimate of drug-likeness (QED) is 0.479. The number of anilines is 1. The number of aryl methyl sites for hydroxylation is 1. The van der Waals surface area contributed by atoms with E-state index in [0.29, 0.717) is 16.8 Å². The van der Waals surface area contributed by atoms with Crippen LogP contribution in [0.3, 0.4) is 0 Å². The predicted molar refractivity (Wildman–Crippen MR) is 121 cm³/mol. The summed E-state index contributed by atoms with van der Waals surface area (Å²) in [5.41, 5.74) is 2.20. The number of H-pyrrole nitrogens is 2. The fourth-order valence-electron chi connectivity index (χ4n) is 3.67. The van der Waals surface area contributed by atoms with Gasteiger partial charge in [-0.15, -0.1) is 0 Å². The first-order chi connectivity index (χ1) is 14.2. The second kappa shape index (κ2) is 7.88. The molecule has 7 nitrogen and oxygen atoms in total. The van der Waals surface area contributed by atoms with E-state index in [1.54, 1.807) is 19.1 Å². The molecule has 0 unspecified atom stereocenters. The van der Waals surface area contributed by atoms with Crippen molar-refractivity contribution < 1.29 is 8.42 Å². The minimum Gasteiger partial charge on any atom is -0.316 e. The van der Waals surface area contributed by atoms with Crippen LogP contribution in [0.1, 0.15) is 36.8 Å². The van der Waals surface area contributed by atoms with E-state index >= 15 is 0 Å². The maximum Gasteiger partial charge on any atom is 0.314 e. The maximum absolute atomic E-state index is 13.0. The molecule has 156 valence electrons. The summed E-state index contributed by atoms with van der Waals surface area (Å²) in [6.07, 6.45) is 6.66. The highest BCUT2D eigenvalue weighted by atomic mass is 79.9. The molecule has 1 aliphatic carbocycles. The van der Waals surface area contributed by atoms with Gasteiger partial charge in [-0.25, -0.2) is 8.42 Å². The van der Waals surface area contributed by atoms with Crippen molar-refractivity contribution in [3.63, 3.8) is 0 Å². The first kappa shape index (κ1) is 20.6. The van der Waals surface area contributed by atoms with Crippen molar-refractivity contribution in [3.05, 3.63) is 72.7 Å². The number of benzene rings is 2. The Bertz CT molecular complexity index is 1400. The second-order valence-corrected chi connectivity index (χ2v) is 9.85. The minimum atomic E-state index is -3.91. The average molecular weight is 490 g/mol. The summed E-state index contributed by atoms with van der Waals surface area (Å²) in [6, 6.07) is 8.27. The Balaban J connectivity index is 1.69. The van der Waals surface area contributed by atoms with Gasteiger partial charge in [0.15, 0.2) is 0 Å². The number of hydrogen-bond donors (Lipinski definition) is 3. The van der Waals surface area contributed by atoms with Crippen LogP contribution in [0.15, 0.2) is 55.4 Å². The highest BCUT2D eigenvalue weighted by molar-refractivity contribution is 9.10. The first-order valence-corrected chi connectivity index (χ1v) is 11.8. The van der Waals surface area contributed by atoms with Crippen molar-refractivity contribution in [1.82, 2.24) is 9.97 Å². The van der Waals surface area contributed by atoms with E-state index in [4.69, 9.17) is 0 Å². The number of aromatic amines is 2. The highest BCUT2D eigenvalue weighted by Gasteiger charge is 2.19. The van der Waals surface area contributed by atoms with Crippen LogP contribution in [0.5, 0.6) is 0 Å². The van der Waals surface area contributed by atoms with Gasteiger partial charge in [0.25, 0.3) is 10.0 Å². The molecule has 0 amide bonds. The zero-order valence-corrected chi connectivity index (χ0v) is 18.6. The van der Waals surface area contributed by atoms with Gasteiger partial charge in [0.1, 0.15) is 0 Å². The maximum atomic E-state index is 13.0. The summed E-state index contributed by atoms with van der Waals surface area (Å²) in [6.45, 7) is 1.63. The monoisotopic (exact) mass is 489 g/mol. The van der Waals surface area contributed by atoms with Gasteiger partial charge >= 0.3 is 11.1 Å². The van der Waals surface area contributed by atoms with Crippen LogP contribution in [0.2, 0.25) is 0 Å². The van der Waals surface area contributed by atoms with Gasteiger partial charge in [-0.05, 0) is 73.6 Å². The zero-order valence-electron chi connectivity index (χ0n) is 16.2. The number of fused-ring (bicyclic) bond motifs is 1. The van der Waals surface area contributed by atoms with E-state index in [-0.39, 0.29) is 10.4 Å². The molecule has 3 aromatic rings. The fraction of sp³-hybridized carbons (Fsp3) is 0.238. The Kier molecular flexibility index (Phi) is 5.42. The molecular weight excluding hydrogens is 470 g/mol. The summed E-state index contributed by atoms with van der Waals surface area (Å²) in [5.74, 6) is 0. The van der Waals surface area contributed by atoms with Gasteiger partial charge < -0.3 is 9.97 Å². The van der Waals surface area contributed by atoms with Crippen molar-refractivity contribution in [2.24, 2.45) is 0 Å². The summed E-state index contributed by atoms with van der Waals surface area (Å²) in [5, 5.41) is 0. The lowest BCUT2D eigenvalue weighted by molar-refractivity contribution is 0.600. The molecular formula is C21H20BrN3O4S. The number of allylic oxidation sites excluding steroid dienone is 2. The minimum absolute atomic E-state index is 0.0212. The van der Waals surface area contributed by atoms with Gasteiger partial charge in [-0.2, -0.15) is 0 Å². The van der Waals surface area contributed by atoms with Gasteiger partial charge in [-0.3, -0.25) is 14.3 Å². The largest absolute Gasteiger partial charge is 0.316 e. The van der Waals surface area contributed by atoms with Crippen molar-refractivity contribution in [2.75, 3.05) is 4.72 Å². The van der Waals surface area contributed by atoms with E-state index in [2.05, 4.69) is 36.7 Å². The number of hydrogen-bond acceptors (Lipinski definition) is 4. The van der Waals surface area contributed by atoms with Crippen molar-refractivity contribution in [3.8, 4) is 0 Å². The summed E-state index contributed by atoms with van der Waals surface area (Å²) < 4.78 is 29.5. The summed E-state index contributed by atoms with van der Waals surface area (Å²) >= 11 is 3.56. The normalized spacial score (nSPS) is 14.5. The molecule has 0 spiro atoms. The topological polar surface area (TPSA) is 112 Å². The van der Waals surface area contributed by atoms with E-state index in [1.807, 2.05) is 6.07 Å². The van der Waals surface area contributed by atoms with Crippen molar-refractivity contribution >= 4 is 48.2 Å². The molecule has 2 aromatic carbocycles. The third-order valence-electron chi connectivity index (χ3n) is 5.17. The molecule has 1 aromatic heterocycles. The molecule has 3 N–H and O–H groups in total. The second-order valence-electron chi connectivity index (χ2n) is 7.35. The molecule has 30 heavy (non-hydrogen) atoms. The SMILES string of the molecule is Cc1cc2[nH]c(=O)c(=O)[nH]c2cc1S(=O)(=O)Nc1ccc(C2=CCCCC2)c(Br)c1. The number of aromatic nitrogens is 2. The Hall–Kier alpha value is -2.65. The third-order valence-corrected chi connectivity index (χ3v) is 7.34. The zero-order chi connectivity index (χ0) is 21.5. The molecule has 0 fully saturated rings. The van der Waals surface area contributed by atoms with Gasteiger partial charge in [-0.1, -0.05) is 28.1 Å². The van der Waals surface area contributed by atoms with Crippen molar-refractivity contribution in [1.29, 1.82) is 0 Å². The molecule has 0 atom stereocenters. The van der Waals surface area contributed by atoms with Crippen LogP contribution in [0.4, 0.5) is 5.69 Å². The summed E-state index contributed by atoms with van der Waals surface area (Å²) in [4.78, 5) is 28.0. The molecule has 0 radical (unpaired) electrons. The Morgan fingerprint density at radius 3 is 2.33 bits per heavy atom. The van der Waals surface area contributed by atoms with E-state index in [0.717, 1.165) is 29.3 Å². The molecule has 1 aliphatic rings. The first-order valence-electron chi connectivity index (χ1n) is 9.53. The van der Waals surface area contributed by atoms with Crippen LogP contribution in [-0.4, -0.2) is 18.4 Å². The Morgan fingerprint density at radius 1 is 1.00 bits per heavy atom. The number of nitrogens with one attached hydrogen (secondary N) is 3. The molecule has 1 heterocycles. The lowest BCUT2D eigenvalue weighted by atomic mass is 9.94. The molecule has 0 saturated heterocycles. The van der Waals surface area contributed by atoms with Gasteiger partial charge in [0.2, 0.25) is 0 Å². The highest BCUT2D eigenvalue weighted by Crippen LogP contribution is 2.34. The predicted octanol–water partition coefficient (Wildman–Crippen LogP) is 4.05. The molecule has 9 heteroatoms.